The summed E-state index contributed by atoms with van der Waals surface area (Å²) >= 11 is 1.51. The van der Waals surface area contributed by atoms with Crippen LogP contribution in [0.25, 0.3) is 11.3 Å². The maximum atomic E-state index is 12.4. The first-order valence-corrected chi connectivity index (χ1v) is 6.96. The molecule has 0 saturated carbocycles. The number of thiophene rings is 1. The molecule has 0 aliphatic rings. The number of hydrogen-bond donors (Lipinski definition) is 2. The summed E-state index contributed by atoms with van der Waals surface area (Å²) in [5, 5.41) is 14.0. The van der Waals surface area contributed by atoms with Crippen molar-refractivity contribution in [1.82, 2.24) is 20.3 Å². The van der Waals surface area contributed by atoms with Crippen LogP contribution in [0, 0.1) is 0 Å². The number of fused-ring (bicyclic) bond motifs is 1. The standard InChI is InChI=1S/C11H9F3N6OS/c12-11(13,14)5-16-8-7(15-4-6-2-1-3-22-6)17-9-10(18-8)20-21-19-9/h1-3H,4-5H2,(H,15,17,19)(H,16,18,20). The molecule has 0 radical (unpaired) electrons. The molecule has 0 aliphatic carbocycles. The van der Waals surface area contributed by atoms with Crippen LogP contribution in [0.4, 0.5) is 24.8 Å². The van der Waals surface area contributed by atoms with E-state index in [0.717, 1.165) is 4.88 Å². The van der Waals surface area contributed by atoms with Crippen LogP contribution in [-0.2, 0) is 6.54 Å². The van der Waals surface area contributed by atoms with Gasteiger partial charge in [-0.25, -0.2) is 14.6 Å². The Hall–Kier alpha value is -2.43. The highest BCUT2D eigenvalue weighted by molar-refractivity contribution is 7.09. The van der Waals surface area contributed by atoms with E-state index in [2.05, 4.69) is 35.5 Å². The summed E-state index contributed by atoms with van der Waals surface area (Å²) in [4.78, 5) is 9.01. The molecule has 0 fully saturated rings. The van der Waals surface area contributed by atoms with Crippen molar-refractivity contribution in [2.24, 2.45) is 0 Å². The van der Waals surface area contributed by atoms with E-state index in [1.807, 2.05) is 17.5 Å². The van der Waals surface area contributed by atoms with Gasteiger partial charge in [0, 0.05) is 4.88 Å². The molecule has 0 amide bonds. The number of aromatic nitrogens is 4. The predicted octanol–water partition coefficient (Wildman–Crippen LogP) is 2.66. The first kappa shape index (κ1) is 14.5. The van der Waals surface area contributed by atoms with E-state index in [-0.39, 0.29) is 22.9 Å². The van der Waals surface area contributed by atoms with Crippen LogP contribution >= 0.6 is 11.3 Å². The fourth-order valence-corrected chi connectivity index (χ4v) is 2.30. The number of hydrogen-bond acceptors (Lipinski definition) is 8. The second-order valence-corrected chi connectivity index (χ2v) is 5.27. The van der Waals surface area contributed by atoms with E-state index >= 15 is 0 Å². The second-order valence-electron chi connectivity index (χ2n) is 4.23. The van der Waals surface area contributed by atoms with Gasteiger partial charge in [0.1, 0.15) is 6.54 Å². The Morgan fingerprint density at radius 3 is 2.36 bits per heavy atom. The molecule has 3 aromatic heterocycles. The Morgan fingerprint density at radius 1 is 1.09 bits per heavy atom. The van der Waals surface area contributed by atoms with E-state index in [0.29, 0.717) is 6.54 Å². The maximum Gasteiger partial charge on any atom is 0.405 e. The smallest absolute Gasteiger partial charge is 0.362 e. The molecule has 0 aromatic carbocycles. The van der Waals surface area contributed by atoms with Crippen LogP contribution < -0.4 is 10.6 Å². The van der Waals surface area contributed by atoms with E-state index in [1.165, 1.54) is 11.3 Å². The summed E-state index contributed by atoms with van der Waals surface area (Å²) in [5.74, 6) is 0.0953. The van der Waals surface area contributed by atoms with Crippen molar-refractivity contribution in [3.63, 3.8) is 0 Å². The number of halogens is 3. The molecule has 0 aliphatic heterocycles. The fourth-order valence-electron chi connectivity index (χ4n) is 1.65. The van der Waals surface area contributed by atoms with Gasteiger partial charge in [-0.15, -0.1) is 11.3 Å². The summed E-state index contributed by atoms with van der Waals surface area (Å²) < 4.78 is 41.6. The van der Waals surface area contributed by atoms with Gasteiger partial charge in [-0.2, -0.15) is 13.2 Å². The Morgan fingerprint density at radius 2 is 1.77 bits per heavy atom. The topological polar surface area (TPSA) is 88.8 Å². The summed E-state index contributed by atoms with van der Waals surface area (Å²) in [7, 11) is 0. The van der Waals surface area contributed by atoms with Gasteiger partial charge in [-0.3, -0.25) is 0 Å². The average Bonchev–Trinajstić information content (AvgIpc) is 3.12. The molecule has 3 heterocycles. The molecular formula is C11H9F3N6OS. The van der Waals surface area contributed by atoms with Crippen LogP contribution in [0.3, 0.4) is 0 Å². The summed E-state index contributed by atoms with van der Waals surface area (Å²) in [6, 6.07) is 3.77. The van der Waals surface area contributed by atoms with Crippen molar-refractivity contribution in [3.05, 3.63) is 22.4 Å². The zero-order chi connectivity index (χ0) is 15.6. The molecule has 0 bridgehead atoms. The van der Waals surface area contributed by atoms with Gasteiger partial charge >= 0.3 is 6.18 Å². The molecule has 7 nitrogen and oxygen atoms in total. The highest BCUT2D eigenvalue weighted by atomic mass is 32.1. The molecule has 116 valence electrons. The number of rotatable bonds is 5. The van der Waals surface area contributed by atoms with Crippen molar-refractivity contribution in [2.45, 2.75) is 12.7 Å². The third-order valence-corrected chi connectivity index (χ3v) is 3.46. The highest BCUT2D eigenvalue weighted by Crippen LogP contribution is 2.23. The van der Waals surface area contributed by atoms with Gasteiger partial charge in [-0.05, 0) is 21.8 Å². The van der Waals surface area contributed by atoms with Gasteiger partial charge < -0.3 is 10.6 Å². The van der Waals surface area contributed by atoms with Crippen LogP contribution in [0.5, 0.6) is 0 Å². The molecule has 0 atom stereocenters. The molecule has 2 N–H and O–H groups in total. The third kappa shape index (κ3) is 3.42. The van der Waals surface area contributed by atoms with Gasteiger partial charge in [0.05, 0.1) is 6.54 Å². The molecule has 3 rings (SSSR count). The number of anilines is 2. The minimum absolute atomic E-state index is 0.0337. The summed E-state index contributed by atoms with van der Waals surface area (Å²) in [5.41, 5.74) is 0.151. The van der Waals surface area contributed by atoms with Crippen molar-refractivity contribution < 1.29 is 17.8 Å². The molecule has 0 spiro atoms. The van der Waals surface area contributed by atoms with E-state index < -0.39 is 12.7 Å². The SMILES string of the molecule is FC(F)(F)CNc1nc2nonc2nc1NCc1cccs1. The lowest BCUT2D eigenvalue weighted by Gasteiger charge is -2.12. The lowest BCUT2D eigenvalue weighted by Crippen LogP contribution is -2.22. The molecule has 22 heavy (non-hydrogen) atoms. The highest BCUT2D eigenvalue weighted by Gasteiger charge is 2.27. The minimum atomic E-state index is -4.37. The maximum absolute atomic E-state index is 12.4. The Balaban J connectivity index is 1.84. The van der Waals surface area contributed by atoms with Crippen LogP contribution in [0.1, 0.15) is 4.88 Å². The number of alkyl halides is 3. The quantitative estimate of drug-likeness (QED) is 0.743. The zero-order valence-corrected chi connectivity index (χ0v) is 11.7. The van der Waals surface area contributed by atoms with E-state index in [1.54, 1.807) is 0 Å². The average molecular weight is 330 g/mol. The second kappa shape index (κ2) is 5.75. The lowest BCUT2D eigenvalue weighted by molar-refractivity contribution is -0.115. The van der Waals surface area contributed by atoms with E-state index in [4.69, 9.17) is 0 Å². The fraction of sp³-hybridized carbons (Fsp3) is 0.273. The van der Waals surface area contributed by atoms with Crippen molar-refractivity contribution in [2.75, 3.05) is 17.2 Å². The van der Waals surface area contributed by atoms with E-state index in [9.17, 15) is 13.2 Å². The zero-order valence-electron chi connectivity index (χ0n) is 10.9. The molecule has 0 unspecified atom stereocenters. The van der Waals surface area contributed by atoms with Crippen molar-refractivity contribution in [1.29, 1.82) is 0 Å². The Kier molecular flexibility index (Phi) is 3.79. The third-order valence-electron chi connectivity index (χ3n) is 2.58. The molecule has 3 aromatic rings. The summed E-state index contributed by atoms with van der Waals surface area (Å²) in [6.45, 7) is -0.823. The monoisotopic (exact) mass is 330 g/mol. The summed E-state index contributed by atoms with van der Waals surface area (Å²) in [6.07, 6.45) is -4.37. The molecule has 0 saturated heterocycles. The van der Waals surface area contributed by atoms with Gasteiger partial charge in [0.2, 0.25) is 11.3 Å². The van der Waals surface area contributed by atoms with Crippen molar-refractivity contribution in [3.8, 4) is 0 Å². The van der Waals surface area contributed by atoms with Crippen LogP contribution in [0.2, 0.25) is 0 Å². The van der Waals surface area contributed by atoms with Crippen molar-refractivity contribution >= 4 is 34.3 Å². The molecular weight excluding hydrogens is 321 g/mol. The first-order chi connectivity index (χ1) is 10.5. The Labute approximate surface area is 125 Å². The Bertz CT molecular complexity index is 757. The lowest BCUT2D eigenvalue weighted by atomic mass is 10.4. The predicted molar refractivity (Wildman–Crippen MR) is 73.6 cm³/mol. The first-order valence-electron chi connectivity index (χ1n) is 6.08. The van der Waals surface area contributed by atoms with Crippen LogP contribution in [-0.4, -0.2) is 33.0 Å². The largest absolute Gasteiger partial charge is 0.405 e. The molecule has 11 heteroatoms. The van der Waals surface area contributed by atoms with Gasteiger partial charge in [-0.1, -0.05) is 6.07 Å². The number of nitrogens with zero attached hydrogens (tertiary/aromatic N) is 4. The van der Waals surface area contributed by atoms with Crippen LogP contribution in [0.15, 0.2) is 22.1 Å². The normalized spacial score (nSPS) is 11.8. The van der Waals surface area contributed by atoms with Gasteiger partial charge in [0.15, 0.2) is 11.6 Å². The van der Waals surface area contributed by atoms with Gasteiger partial charge in [0.25, 0.3) is 0 Å². The minimum Gasteiger partial charge on any atom is -0.362 e. The number of nitrogens with one attached hydrogen (secondary N) is 2.